The van der Waals surface area contributed by atoms with E-state index < -0.39 is 12.3 Å². The van der Waals surface area contributed by atoms with Gasteiger partial charge < -0.3 is 14.6 Å². The van der Waals surface area contributed by atoms with Crippen LogP contribution in [-0.2, 0) is 4.79 Å². The Labute approximate surface area is 79.1 Å². The molecule has 70 valence electrons. The molecule has 0 aromatic heterocycles. The molecule has 2 rings (SSSR count). The second-order valence-electron chi connectivity index (χ2n) is 2.65. The number of rotatable bonds is 1. The molecule has 0 bridgehead atoms. The molecule has 0 fully saturated rings. The molecular weight excluding hydrogens is 186 g/mol. The standard InChI is InChI=1S/C9H5NO4/c10-4-5-2-1-3-6-7(5)14-9(13-6)8(11)12/h1-3,9H,(H,11,12). The average Bonchev–Trinajstić information content (AvgIpc) is 2.60. The fourth-order valence-electron chi connectivity index (χ4n) is 1.17. The second kappa shape index (κ2) is 2.92. The number of hydrogen-bond donors (Lipinski definition) is 1. The van der Waals surface area contributed by atoms with Gasteiger partial charge in [-0.1, -0.05) is 6.07 Å². The number of hydrogen-bond acceptors (Lipinski definition) is 4. The normalized spacial score (nSPS) is 17.5. The Balaban J connectivity index is 2.40. The van der Waals surface area contributed by atoms with E-state index in [1.54, 1.807) is 12.1 Å². The van der Waals surface area contributed by atoms with Crippen LogP contribution in [0.1, 0.15) is 5.56 Å². The number of carbonyl (C=O) groups is 1. The van der Waals surface area contributed by atoms with E-state index in [9.17, 15) is 4.79 Å². The van der Waals surface area contributed by atoms with Crippen LogP contribution in [0.25, 0.3) is 0 Å². The quantitative estimate of drug-likeness (QED) is 0.708. The van der Waals surface area contributed by atoms with Crippen LogP contribution in [0.2, 0.25) is 0 Å². The van der Waals surface area contributed by atoms with Crippen LogP contribution in [0.15, 0.2) is 18.2 Å². The molecule has 0 spiro atoms. The van der Waals surface area contributed by atoms with Gasteiger partial charge in [0.1, 0.15) is 6.07 Å². The highest BCUT2D eigenvalue weighted by molar-refractivity contribution is 5.73. The van der Waals surface area contributed by atoms with Crippen molar-refractivity contribution in [2.75, 3.05) is 0 Å². The molecule has 1 aliphatic rings. The summed E-state index contributed by atoms with van der Waals surface area (Å²) in [7, 11) is 0. The Morgan fingerprint density at radius 2 is 2.29 bits per heavy atom. The molecule has 0 aliphatic carbocycles. The van der Waals surface area contributed by atoms with E-state index in [1.807, 2.05) is 6.07 Å². The zero-order valence-electron chi connectivity index (χ0n) is 6.93. The Hall–Kier alpha value is -2.22. The summed E-state index contributed by atoms with van der Waals surface area (Å²) in [5.41, 5.74) is 0.270. The molecule has 5 nitrogen and oxygen atoms in total. The van der Waals surface area contributed by atoms with E-state index in [1.165, 1.54) is 6.07 Å². The minimum atomic E-state index is -1.35. The van der Waals surface area contributed by atoms with Crippen LogP contribution in [0.3, 0.4) is 0 Å². The van der Waals surface area contributed by atoms with Crippen LogP contribution >= 0.6 is 0 Å². The number of fused-ring (bicyclic) bond motifs is 1. The Kier molecular flexibility index (Phi) is 1.75. The molecule has 0 amide bonds. The maximum Gasteiger partial charge on any atom is 0.387 e. The maximum absolute atomic E-state index is 10.5. The summed E-state index contributed by atoms with van der Waals surface area (Å²) in [6.45, 7) is 0. The molecule has 0 saturated heterocycles. The van der Waals surface area contributed by atoms with E-state index in [4.69, 9.17) is 19.8 Å². The van der Waals surface area contributed by atoms with Crippen molar-refractivity contribution in [2.24, 2.45) is 0 Å². The number of nitrogens with zero attached hydrogens (tertiary/aromatic N) is 1. The van der Waals surface area contributed by atoms with Gasteiger partial charge in [0, 0.05) is 0 Å². The molecule has 1 heterocycles. The van der Waals surface area contributed by atoms with Crippen LogP contribution in [0.5, 0.6) is 11.5 Å². The van der Waals surface area contributed by atoms with Crippen LogP contribution in [0, 0.1) is 11.3 Å². The van der Waals surface area contributed by atoms with E-state index in [0.717, 1.165) is 0 Å². The van der Waals surface area contributed by atoms with Gasteiger partial charge in [-0.15, -0.1) is 0 Å². The topological polar surface area (TPSA) is 79.5 Å². The van der Waals surface area contributed by atoms with E-state index in [0.29, 0.717) is 0 Å². The first kappa shape index (κ1) is 8.38. The van der Waals surface area contributed by atoms with Crippen molar-refractivity contribution in [2.45, 2.75) is 6.29 Å². The predicted molar refractivity (Wildman–Crippen MR) is 43.8 cm³/mol. The lowest BCUT2D eigenvalue weighted by molar-refractivity contribution is -0.154. The largest absolute Gasteiger partial charge is 0.476 e. The van der Waals surface area contributed by atoms with E-state index >= 15 is 0 Å². The summed E-state index contributed by atoms with van der Waals surface area (Å²) in [5.74, 6) is -0.732. The third-order valence-corrected chi connectivity index (χ3v) is 1.76. The third-order valence-electron chi connectivity index (χ3n) is 1.76. The van der Waals surface area contributed by atoms with Gasteiger partial charge in [0.2, 0.25) is 0 Å². The van der Waals surface area contributed by atoms with Gasteiger partial charge in [-0.3, -0.25) is 0 Å². The number of carboxylic acids is 1. The smallest absolute Gasteiger partial charge is 0.387 e. The molecule has 1 atom stereocenters. The summed E-state index contributed by atoms with van der Waals surface area (Å²) in [6, 6.07) is 6.58. The highest BCUT2D eigenvalue weighted by Crippen LogP contribution is 2.37. The van der Waals surface area contributed by atoms with Crippen molar-refractivity contribution in [3.63, 3.8) is 0 Å². The Morgan fingerprint density at radius 3 is 2.93 bits per heavy atom. The van der Waals surface area contributed by atoms with Crippen molar-refractivity contribution in [3.05, 3.63) is 23.8 Å². The number of para-hydroxylation sites is 1. The maximum atomic E-state index is 10.5. The number of ether oxygens (including phenoxy) is 2. The van der Waals surface area contributed by atoms with Gasteiger partial charge in [0.15, 0.2) is 11.5 Å². The highest BCUT2D eigenvalue weighted by atomic mass is 16.7. The fourth-order valence-corrected chi connectivity index (χ4v) is 1.17. The summed E-state index contributed by atoms with van der Waals surface area (Å²) >= 11 is 0. The molecule has 0 saturated carbocycles. The molecule has 0 radical (unpaired) electrons. The molecule has 14 heavy (non-hydrogen) atoms. The van der Waals surface area contributed by atoms with Gasteiger partial charge in [-0.25, -0.2) is 4.79 Å². The number of aliphatic carboxylic acids is 1. The van der Waals surface area contributed by atoms with Gasteiger partial charge in [0.05, 0.1) is 5.56 Å². The van der Waals surface area contributed by atoms with Crippen molar-refractivity contribution >= 4 is 5.97 Å². The van der Waals surface area contributed by atoms with Gasteiger partial charge >= 0.3 is 12.3 Å². The average molecular weight is 191 g/mol. The molecule has 5 heteroatoms. The zero-order valence-corrected chi connectivity index (χ0v) is 6.93. The Morgan fingerprint density at radius 1 is 1.50 bits per heavy atom. The fraction of sp³-hybridized carbons (Fsp3) is 0.111. The van der Waals surface area contributed by atoms with E-state index in [-0.39, 0.29) is 17.1 Å². The number of nitriles is 1. The first-order valence-electron chi connectivity index (χ1n) is 3.81. The number of carboxylic acid groups (broad SMARTS) is 1. The minimum Gasteiger partial charge on any atom is -0.476 e. The minimum absolute atomic E-state index is 0.197. The number of benzene rings is 1. The Bertz CT molecular complexity index is 435. The van der Waals surface area contributed by atoms with E-state index in [2.05, 4.69) is 0 Å². The molecule has 1 N–H and O–H groups in total. The highest BCUT2D eigenvalue weighted by Gasteiger charge is 2.32. The lowest BCUT2D eigenvalue weighted by Crippen LogP contribution is -2.28. The van der Waals surface area contributed by atoms with Crippen molar-refractivity contribution in [3.8, 4) is 17.6 Å². The summed E-state index contributed by atoms with van der Waals surface area (Å²) in [6.07, 6.45) is -1.35. The second-order valence-corrected chi connectivity index (χ2v) is 2.65. The molecule has 1 aliphatic heterocycles. The van der Waals surface area contributed by atoms with Crippen molar-refractivity contribution in [1.82, 2.24) is 0 Å². The predicted octanol–water partition coefficient (Wildman–Crippen LogP) is 0.740. The zero-order chi connectivity index (χ0) is 10.1. The van der Waals surface area contributed by atoms with Gasteiger partial charge in [-0.2, -0.15) is 5.26 Å². The first-order valence-corrected chi connectivity index (χ1v) is 3.81. The SMILES string of the molecule is N#Cc1cccc2c1OC(C(=O)O)O2. The summed E-state index contributed by atoms with van der Waals surface area (Å²) < 4.78 is 9.88. The lowest BCUT2D eigenvalue weighted by Gasteiger charge is -2.02. The van der Waals surface area contributed by atoms with Crippen molar-refractivity contribution < 1.29 is 19.4 Å². The molecule has 1 aromatic rings. The lowest BCUT2D eigenvalue weighted by atomic mass is 10.2. The monoisotopic (exact) mass is 191 g/mol. The van der Waals surface area contributed by atoms with Crippen molar-refractivity contribution in [1.29, 1.82) is 5.26 Å². The van der Waals surface area contributed by atoms with Gasteiger partial charge in [-0.05, 0) is 12.1 Å². The molecule has 1 unspecified atom stereocenters. The summed E-state index contributed by atoms with van der Waals surface area (Å²) in [4.78, 5) is 10.5. The first-order chi connectivity index (χ1) is 6.72. The third kappa shape index (κ3) is 1.13. The molecule has 1 aromatic carbocycles. The van der Waals surface area contributed by atoms with Crippen LogP contribution in [0.4, 0.5) is 0 Å². The van der Waals surface area contributed by atoms with Gasteiger partial charge in [0.25, 0.3) is 0 Å². The summed E-state index contributed by atoms with van der Waals surface area (Å²) in [5, 5.41) is 17.3. The van der Waals surface area contributed by atoms with Crippen LogP contribution < -0.4 is 9.47 Å². The van der Waals surface area contributed by atoms with Crippen LogP contribution in [-0.4, -0.2) is 17.4 Å². The molecular formula is C9H5NO4.